The number of aryl methyl sites for hydroxylation is 1. The first-order valence-corrected chi connectivity index (χ1v) is 12.9. The Balaban J connectivity index is 1.55. The van der Waals surface area contributed by atoms with Crippen LogP contribution in [0.2, 0.25) is 10.0 Å². The summed E-state index contributed by atoms with van der Waals surface area (Å²) < 4.78 is 2.05. The maximum Gasteiger partial charge on any atom is 0.234 e. The number of nitrogens with zero attached hydrogens (tertiary/aromatic N) is 3. The minimum Gasteiger partial charge on any atom is -0.325 e. The number of amides is 1. The van der Waals surface area contributed by atoms with Crippen molar-refractivity contribution >= 4 is 58.3 Å². The molecule has 164 valence electrons. The highest BCUT2D eigenvalue weighted by molar-refractivity contribution is 7.99. The molecule has 3 aromatic rings. The first-order valence-electron chi connectivity index (χ1n) is 9.96. The van der Waals surface area contributed by atoms with Gasteiger partial charge in [0.05, 0.1) is 11.5 Å². The Hall–Kier alpha value is -1.67. The summed E-state index contributed by atoms with van der Waals surface area (Å²) in [5, 5.41) is 13.7. The summed E-state index contributed by atoms with van der Waals surface area (Å²) in [5.41, 5.74) is 3.03. The van der Waals surface area contributed by atoms with Gasteiger partial charge in [-0.2, -0.15) is 0 Å². The predicted molar refractivity (Wildman–Crippen MR) is 132 cm³/mol. The van der Waals surface area contributed by atoms with E-state index in [-0.39, 0.29) is 11.7 Å². The molecule has 0 unspecified atom stereocenters. The minimum atomic E-state index is -0.0511. The van der Waals surface area contributed by atoms with Crippen molar-refractivity contribution in [2.45, 2.75) is 43.5 Å². The lowest BCUT2D eigenvalue weighted by molar-refractivity contribution is -0.113. The highest BCUT2D eigenvalue weighted by atomic mass is 35.5. The van der Waals surface area contributed by atoms with Crippen LogP contribution in [0.25, 0.3) is 0 Å². The van der Waals surface area contributed by atoms with Gasteiger partial charge in [-0.1, -0.05) is 66.2 Å². The molecule has 2 aromatic carbocycles. The highest BCUT2D eigenvalue weighted by Gasteiger charge is 2.14. The lowest BCUT2D eigenvalue weighted by Crippen LogP contribution is -2.15. The molecular formula is C22H24Cl2N4OS2. The van der Waals surface area contributed by atoms with Gasteiger partial charge in [0.25, 0.3) is 0 Å². The summed E-state index contributed by atoms with van der Waals surface area (Å²) in [6.07, 6.45) is 0.871. The van der Waals surface area contributed by atoms with E-state index in [2.05, 4.69) is 33.9 Å². The smallest absolute Gasteiger partial charge is 0.234 e. The number of aromatic nitrogens is 3. The Morgan fingerprint density at radius 3 is 2.61 bits per heavy atom. The highest BCUT2D eigenvalue weighted by Crippen LogP contribution is 2.27. The number of carbonyl (C=O) groups excluding carboxylic acids is 1. The molecule has 0 saturated heterocycles. The fourth-order valence-corrected chi connectivity index (χ4v) is 5.35. The topological polar surface area (TPSA) is 59.8 Å². The molecule has 9 heteroatoms. The molecule has 0 aliphatic carbocycles. The maximum absolute atomic E-state index is 12.4. The number of hydrogen-bond acceptors (Lipinski definition) is 5. The van der Waals surface area contributed by atoms with E-state index in [0.717, 1.165) is 46.5 Å². The molecule has 1 N–H and O–H groups in total. The Kier molecular flexibility index (Phi) is 9.14. The molecule has 3 rings (SSSR count). The second-order valence-corrected chi connectivity index (χ2v) is 9.49. The fraction of sp³-hybridized carbons (Fsp3) is 0.318. The summed E-state index contributed by atoms with van der Waals surface area (Å²) in [6.45, 7) is 4.87. The number of halogens is 2. The third-order valence-corrected chi connectivity index (χ3v) is 7.15. The van der Waals surface area contributed by atoms with E-state index in [1.807, 2.05) is 36.4 Å². The van der Waals surface area contributed by atoms with Gasteiger partial charge in [0.1, 0.15) is 5.82 Å². The molecule has 0 aliphatic heterocycles. The number of benzene rings is 2. The second kappa shape index (κ2) is 11.8. The Morgan fingerprint density at radius 2 is 1.87 bits per heavy atom. The SMILES string of the molecule is CCc1ccccc1NC(=O)CSc1nnc(CSCc2ccc(Cl)cc2Cl)n1CC. The van der Waals surface area contributed by atoms with Crippen molar-refractivity contribution in [1.29, 1.82) is 0 Å². The quantitative estimate of drug-likeness (QED) is 0.333. The van der Waals surface area contributed by atoms with Crippen LogP contribution in [0.4, 0.5) is 5.69 Å². The molecule has 0 radical (unpaired) electrons. The molecule has 0 aliphatic rings. The number of nitrogens with one attached hydrogen (secondary N) is 1. The Morgan fingerprint density at radius 1 is 1.06 bits per heavy atom. The number of rotatable bonds is 10. The lowest BCUT2D eigenvalue weighted by atomic mass is 10.1. The van der Waals surface area contributed by atoms with E-state index >= 15 is 0 Å². The van der Waals surface area contributed by atoms with Crippen LogP contribution in [-0.4, -0.2) is 26.4 Å². The fourth-order valence-electron chi connectivity index (χ4n) is 3.01. The van der Waals surface area contributed by atoms with Crippen LogP contribution in [0.3, 0.4) is 0 Å². The average molecular weight is 496 g/mol. The van der Waals surface area contributed by atoms with E-state index in [0.29, 0.717) is 15.8 Å². The number of thioether (sulfide) groups is 2. The van der Waals surface area contributed by atoms with Gasteiger partial charge < -0.3 is 9.88 Å². The van der Waals surface area contributed by atoms with Crippen LogP contribution in [-0.2, 0) is 29.3 Å². The zero-order valence-corrected chi connectivity index (χ0v) is 20.5. The molecule has 0 fully saturated rings. The monoisotopic (exact) mass is 494 g/mol. The third kappa shape index (κ3) is 6.65. The maximum atomic E-state index is 12.4. The first-order chi connectivity index (χ1) is 15.0. The van der Waals surface area contributed by atoms with Crippen molar-refractivity contribution in [2.75, 3.05) is 11.1 Å². The van der Waals surface area contributed by atoms with Crippen molar-refractivity contribution in [3.8, 4) is 0 Å². The first kappa shape index (κ1) is 24.0. The van der Waals surface area contributed by atoms with E-state index in [4.69, 9.17) is 23.2 Å². The molecule has 31 heavy (non-hydrogen) atoms. The van der Waals surface area contributed by atoms with Crippen molar-refractivity contribution in [1.82, 2.24) is 14.8 Å². The van der Waals surface area contributed by atoms with Crippen LogP contribution < -0.4 is 5.32 Å². The summed E-state index contributed by atoms with van der Waals surface area (Å²) >= 11 is 15.3. The molecule has 1 amide bonds. The summed E-state index contributed by atoms with van der Waals surface area (Å²) in [7, 11) is 0. The Labute approximate surface area is 201 Å². The molecule has 0 bridgehead atoms. The molecule has 1 heterocycles. The van der Waals surface area contributed by atoms with Gasteiger partial charge in [0, 0.05) is 28.0 Å². The summed E-state index contributed by atoms with van der Waals surface area (Å²) in [6, 6.07) is 13.4. The van der Waals surface area contributed by atoms with Gasteiger partial charge in [-0.05, 0) is 42.7 Å². The summed E-state index contributed by atoms with van der Waals surface area (Å²) in [4.78, 5) is 12.4. The minimum absolute atomic E-state index is 0.0511. The third-order valence-electron chi connectivity index (χ3n) is 4.62. The zero-order valence-electron chi connectivity index (χ0n) is 17.4. The predicted octanol–water partition coefficient (Wildman–Crippen LogP) is 6.33. The molecular weight excluding hydrogens is 471 g/mol. The van der Waals surface area contributed by atoms with Crippen molar-refractivity contribution < 1.29 is 4.79 Å². The number of anilines is 1. The van der Waals surface area contributed by atoms with E-state index in [1.54, 1.807) is 17.8 Å². The second-order valence-electron chi connectivity index (χ2n) is 6.72. The van der Waals surface area contributed by atoms with Gasteiger partial charge >= 0.3 is 0 Å². The number of carbonyl (C=O) groups is 1. The van der Waals surface area contributed by atoms with Crippen LogP contribution in [0, 0.1) is 0 Å². The largest absolute Gasteiger partial charge is 0.325 e. The molecule has 0 atom stereocenters. The van der Waals surface area contributed by atoms with Gasteiger partial charge in [-0.15, -0.1) is 22.0 Å². The van der Waals surface area contributed by atoms with Gasteiger partial charge in [0.2, 0.25) is 5.91 Å². The molecule has 1 aromatic heterocycles. The van der Waals surface area contributed by atoms with Gasteiger partial charge in [0.15, 0.2) is 5.16 Å². The van der Waals surface area contributed by atoms with Crippen molar-refractivity contribution in [2.24, 2.45) is 0 Å². The van der Waals surface area contributed by atoms with Gasteiger partial charge in [-0.25, -0.2) is 0 Å². The van der Waals surface area contributed by atoms with E-state index in [9.17, 15) is 4.79 Å². The van der Waals surface area contributed by atoms with Crippen LogP contribution >= 0.6 is 46.7 Å². The van der Waals surface area contributed by atoms with E-state index < -0.39 is 0 Å². The normalized spacial score (nSPS) is 11.0. The summed E-state index contributed by atoms with van der Waals surface area (Å²) in [5.74, 6) is 2.58. The molecule has 0 spiro atoms. The lowest BCUT2D eigenvalue weighted by Gasteiger charge is -2.10. The van der Waals surface area contributed by atoms with Gasteiger partial charge in [-0.3, -0.25) is 4.79 Å². The van der Waals surface area contributed by atoms with Crippen molar-refractivity contribution in [3.05, 3.63) is 69.5 Å². The van der Waals surface area contributed by atoms with Crippen LogP contribution in [0.15, 0.2) is 47.6 Å². The zero-order chi connectivity index (χ0) is 22.2. The standard InChI is InChI=1S/C22H24Cl2N4OS2/c1-3-15-7-5-6-8-19(15)25-21(29)14-31-22-27-26-20(28(22)4-2)13-30-12-16-9-10-17(23)11-18(16)24/h5-11H,3-4,12-14H2,1-2H3,(H,25,29). The van der Waals surface area contributed by atoms with Crippen LogP contribution in [0.5, 0.6) is 0 Å². The van der Waals surface area contributed by atoms with Crippen molar-refractivity contribution in [3.63, 3.8) is 0 Å². The van der Waals surface area contributed by atoms with Crippen LogP contribution in [0.1, 0.15) is 30.8 Å². The molecule has 0 saturated carbocycles. The average Bonchev–Trinajstić information content (AvgIpc) is 3.16. The Bertz CT molecular complexity index is 1040. The molecule has 5 nitrogen and oxygen atoms in total. The number of para-hydroxylation sites is 1. The number of hydrogen-bond donors (Lipinski definition) is 1. The van der Waals surface area contributed by atoms with E-state index in [1.165, 1.54) is 11.8 Å².